The lowest BCUT2D eigenvalue weighted by molar-refractivity contribution is 0.0933. The number of benzene rings is 1. The van der Waals surface area contributed by atoms with Gasteiger partial charge in [0, 0.05) is 30.8 Å². The molecule has 0 heterocycles. The van der Waals surface area contributed by atoms with Gasteiger partial charge in [0.25, 0.3) is 11.8 Å². The number of carbonyl (C=O) groups excluding carboxylic acids is 2. The first-order valence-corrected chi connectivity index (χ1v) is 7.70. The standard InChI is InChI=1S/C17H27N3O2/c1-5-18-10-11-19-15(21)13-6-8-14(9-7-13)16(22)20-12-17(2,3)4/h6-9,18H,5,10-12H2,1-4H3,(H,19,21)(H,20,22). The van der Waals surface area contributed by atoms with E-state index in [1.807, 2.05) is 6.92 Å². The van der Waals surface area contributed by atoms with E-state index >= 15 is 0 Å². The van der Waals surface area contributed by atoms with Crippen molar-refractivity contribution in [3.8, 4) is 0 Å². The van der Waals surface area contributed by atoms with Crippen molar-refractivity contribution in [1.82, 2.24) is 16.0 Å². The number of rotatable bonds is 7. The summed E-state index contributed by atoms with van der Waals surface area (Å²) in [5.74, 6) is -0.242. The third kappa shape index (κ3) is 6.72. The van der Waals surface area contributed by atoms with E-state index < -0.39 is 0 Å². The van der Waals surface area contributed by atoms with Gasteiger partial charge in [-0.15, -0.1) is 0 Å². The molecule has 0 saturated carbocycles. The van der Waals surface area contributed by atoms with Gasteiger partial charge in [0.15, 0.2) is 0 Å². The molecule has 0 unspecified atom stereocenters. The zero-order valence-corrected chi connectivity index (χ0v) is 14.0. The number of carbonyl (C=O) groups is 2. The molecule has 0 spiro atoms. The van der Waals surface area contributed by atoms with Crippen molar-refractivity contribution in [2.45, 2.75) is 27.7 Å². The molecule has 5 nitrogen and oxygen atoms in total. The van der Waals surface area contributed by atoms with Gasteiger partial charge in [0.05, 0.1) is 0 Å². The zero-order valence-electron chi connectivity index (χ0n) is 14.0. The number of hydrogen-bond acceptors (Lipinski definition) is 3. The molecule has 1 aromatic rings. The van der Waals surface area contributed by atoms with Crippen LogP contribution in [-0.4, -0.2) is 38.0 Å². The Balaban J connectivity index is 2.51. The van der Waals surface area contributed by atoms with Crippen LogP contribution < -0.4 is 16.0 Å². The molecule has 0 aliphatic heterocycles. The number of nitrogens with one attached hydrogen (secondary N) is 3. The van der Waals surface area contributed by atoms with E-state index in [4.69, 9.17) is 0 Å². The topological polar surface area (TPSA) is 70.2 Å². The first-order valence-electron chi connectivity index (χ1n) is 7.70. The van der Waals surface area contributed by atoms with Gasteiger partial charge in [-0.2, -0.15) is 0 Å². The number of hydrogen-bond donors (Lipinski definition) is 3. The average Bonchev–Trinajstić information content (AvgIpc) is 2.48. The first kappa shape index (κ1) is 18.2. The molecule has 5 heteroatoms. The molecule has 1 rings (SSSR count). The highest BCUT2D eigenvalue weighted by Gasteiger charge is 2.13. The molecule has 0 saturated heterocycles. The van der Waals surface area contributed by atoms with E-state index in [-0.39, 0.29) is 17.2 Å². The van der Waals surface area contributed by atoms with Crippen molar-refractivity contribution in [1.29, 1.82) is 0 Å². The van der Waals surface area contributed by atoms with Crippen molar-refractivity contribution in [2.24, 2.45) is 5.41 Å². The predicted molar refractivity (Wildman–Crippen MR) is 89.1 cm³/mol. The van der Waals surface area contributed by atoms with Crippen LogP contribution >= 0.6 is 0 Å². The highest BCUT2D eigenvalue weighted by atomic mass is 16.2. The highest BCUT2D eigenvalue weighted by Crippen LogP contribution is 2.11. The Morgan fingerprint density at radius 3 is 1.86 bits per heavy atom. The zero-order chi connectivity index (χ0) is 16.6. The van der Waals surface area contributed by atoms with Gasteiger partial charge in [-0.1, -0.05) is 27.7 Å². The Hall–Kier alpha value is -1.88. The van der Waals surface area contributed by atoms with Crippen molar-refractivity contribution in [3.05, 3.63) is 35.4 Å². The monoisotopic (exact) mass is 305 g/mol. The summed E-state index contributed by atoms with van der Waals surface area (Å²) in [5.41, 5.74) is 1.17. The lowest BCUT2D eigenvalue weighted by Crippen LogP contribution is -2.32. The third-order valence-corrected chi connectivity index (χ3v) is 3.03. The van der Waals surface area contributed by atoms with Crippen LogP contribution in [0, 0.1) is 5.41 Å². The van der Waals surface area contributed by atoms with Crippen molar-refractivity contribution < 1.29 is 9.59 Å². The minimum Gasteiger partial charge on any atom is -0.352 e. The third-order valence-electron chi connectivity index (χ3n) is 3.03. The fourth-order valence-electron chi connectivity index (χ4n) is 1.76. The molecule has 0 bridgehead atoms. The lowest BCUT2D eigenvalue weighted by Gasteiger charge is -2.18. The second kappa shape index (κ2) is 8.54. The molecule has 22 heavy (non-hydrogen) atoms. The van der Waals surface area contributed by atoms with Gasteiger partial charge in [-0.3, -0.25) is 9.59 Å². The second-order valence-electron chi connectivity index (χ2n) is 6.43. The van der Waals surface area contributed by atoms with Gasteiger partial charge in [0.2, 0.25) is 0 Å². The molecule has 0 radical (unpaired) electrons. The minimum absolute atomic E-state index is 0.0437. The largest absolute Gasteiger partial charge is 0.352 e. The summed E-state index contributed by atoms with van der Waals surface area (Å²) in [6, 6.07) is 6.71. The summed E-state index contributed by atoms with van der Waals surface area (Å²) in [6.07, 6.45) is 0. The van der Waals surface area contributed by atoms with Crippen LogP contribution in [0.2, 0.25) is 0 Å². The van der Waals surface area contributed by atoms with Gasteiger partial charge in [0.1, 0.15) is 0 Å². The van der Waals surface area contributed by atoms with Crippen molar-refractivity contribution in [2.75, 3.05) is 26.2 Å². The summed E-state index contributed by atoms with van der Waals surface area (Å²) in [7, 11) is 0. The predicted octanol–water partition coefficient (Wildman–Crippen LogP) is 1.80. The van der Waals surface area contributed by atoms with Crippen LogP contribution in [0.1, 0.15) is 48.4 Å². The van der Waals surface area contributed by atoms with E-state index in [1.54, 1.807) is 24.3 Å². The molecule has 122 valence electrons. The summed E-state index contributed by atoms with van der Waals surface area (Å²) in [5, 5.41) is 8.85. The Kier molecular flexibility index (Phi) is 7.05. The molecule has 0 fully saturated rings. The molecule has 2 amide bonds. The fourth-order valence-corrected chi connectivity index (χ4v) is 1.76. The van der Waals surface area contributed by atoms with Crippen LogP contribution in [0.3, 0.4) is 0 Å². The van der Waals surface area contributed by atoms with E-state index in [0.717, 1.165) is 13.1 Å². The lowest BCUT2D eigenvalue weighted by atomic mass is 9.97. The van der Waals surface area contributed by atoms with Gasteiger partial charge in [-0.25, -0.2) is 0 Å². The smallest absolute Gasteiger partial charge is 0.251 e. The Morgan fingerprint density at radius 2 is 1.41 bits per heavy atom. The van der Waals surface area contributed by atoms with Crippen molar-refractivity contribution in [3.63, 3.8) is 0 Å². The minimum atomic E-state index is -0.125. The van der Waals surface area contributed by atoms with Gasteiger partial charge in [-0.05, 0) is 36.2 Å². The van der Waals surface area contributed by atoms with E-state index in [0.29, 0.717) is 24.2 Å². The normalized spacial score (nSPS) is 11.1. The molecule has 0 aliphatic rings. The second-order valence-corrected chi connectivity index (χ2v) is 6.43. The molecular weight excluding hydrogens is 278 g/mol. The SMILES string of the molecule is CCNCCNC(=O)c1ccc(C(=O)NCC(C)(C)C)cc1. The van der Waals surface area contributed by atoms with Crippen LogP contribution in [0.4, 0.5) is 0 Å². The molecule has 0 aromatic heterocycles. The number of likely N-dealkylation sites (N-methyl/N-ethyl adjacent to an activating group) is 1. The maximum absolute atomic E-state index is 12.0. The maximum Gasteiger partial charge on any atom is 0.251 e. The number of amides is 2. The Bertz CT molecular complexity index is 490. The summed E-state index contributed by atoms with van der Waals surface area (Å²) < 4.78 is 0. The first-order chi connectivity index (χ1) is 10.3. The molecule has 1 aromatic carbocycles. The highest BCUT2D eigenvalue weighted by molar-refractivity contribution is 5.97. The van der Waals surface area contributed by atoms with E-state index in [9.17, 15) is 9.59 Å². The van der Waals surface area contributed by atoms with E-state index in [2.05, 4.69) is 36.7 Å². The van der Waals surface area contributed by atoms with Crippen LogP contribution in [-0.2, 0) is 0 Å². The van der Waals surface area contributed by atoms with Gasteiger partial charge < -0.3 is 16.0 Å². The molecule has 0 aliphatic carbocycles. The van der Waals surface area contributed by atoms with Crippen LogP contribution in [0.25, 0.3) is 0 Å². The van der Waals surface area contributed by atoms with Crippen LogP contribution in [0.5, 0.6) is 0 Å². The Labute approximate surface area is 132 Å². The molecule has 0 atom stereocenters. The summed E-state index contributed by atoms with van der Waals surface area (Å²) in [4.78, 5) is 23.9. The fraction of sp³-hybridized carbons (Fsp3) is 0.529. The molecule has 3 N–H and O–H groups in total. The summed E-state index contributed by atoms with van der Waals surface area (Å²) in [6.45, 7) is 11.0. The van der Waals surface area contributed by atoms with Crippen molar-refractivity contribution >= 4 is 11.8 Å². The van der Waals surface area contributed by atoms with Crippen LogP contribution in [0.15, 0.2) is 24.3 Å². The van der Waals surface area contributed by atoms with E-state index in [1.165, 1.54) is 0 Å². The Morgan fingerprint density at radius 1 is 0.909 bits per heavy atom. The average molecular weight is 305 g/mol. The summed E-state index contributed by atoms with van der Waals surface area (Å²) >= 11 is 0. The molecular formula is C17H27N3O2. The quantitative estimate of drug-likeness (QED) is 0.673. The van der Waals surface area contributed by atoms with Gasteiger partial charge >= 0.3 is 0 Å². The maximum atomic E-state index is 12.0.